The summed E-state index contributed by atoms with van der Waals surface area (Å²) in [5.74, 6) is -0.00250. The number of hydrogen-bond acceptors (Lipinski definition) is 1. The average Bonchev–Trinajstić information content (AvgIpc) is 2.15. The van der Waals surface area contributed by atoms with Crippen LogP contribution < -0.4 is 0 Å². The van der Waals surface area contributed by atoms with Crippen LogP contribution in [0.15, 0.2) is 24.3 Å². The average molecular weight is 190 g/mol. The Morgan fingerprint density at radius 3 is 2.43 bits per heavy atom. The molecule has 14 heavy (non-hydrogen) atoms. The van der Waals surface area contributed by atoms with Gasteiger partial charge in [0.15, 0.2) is 0 Å². The fraction of sp³-hybridized carbons (Fsp3) is 0.462. The Labute approximate surface area is 86.1 Å². The highest BCUT2D eigenvalue weighted by Crippen LogP contribution is 2.24. The van der Waals surface area contributed by atoms with Crippen LogP contribution in [0.4, 0.5) is 0 Å². The largest absolute Gasteiger partial charge is 0.303 e. The lowest BCUT2D eigenvalue weighted by Gasteiger charge is -2.20. The summed E-state index contributed by atoms with van der Waals surface area (Å²) >= 11 is 0. The highest BCUT2D eigenvalue weighted by atomic mass is 16.1. The summed E-state index contributed by atoms with van der Waals surface area (Å²) in [7, 11) is 0. The second-order valence-electron chi connectivity index (χ2n) is 4.80. The molecule has 1 heteroatoms. The van der Waals surface area contributed by atoms with Crippen LogP contribution in [0.3, 0.4) is 0 Å². The van der Waals surface area contributed by atoms with Gasteiger partial charge in [-0.2, -0.15) is 0 Å². The van der Waals surface area contributed by atoms with Gasteiger partial charge in [-0.05, 0) is 16.5 Å². The van der Waals surface area contributed by atoms with Crippen molar-refractivity contribution in [2.75, 3.05) is 0 Å². The lowest BCUT2D eigenvalue weighted by molar-refractivity contribution is -0.108. The molecule has 1 aromatic carbocycles. The zero-order valence-electron chi connectivity index (χ0n) is 9.37. The van der Waals surface area contributed by atoms with Crippen molar-refractivity contribution >= 4 is 6.29 Å². The Morgan fingerprint density at radius 2 is 1.93 bits per heavy atom. The van der Waals surface area contributed by atoms with Gasteiger partial charge in [0.25, 0.3) is 0 Å². The topological polar surface area (TPSA) is 17.1 Å². The maximum Gasteiger partial charge on any atom is 0.127 e. The molecule has 1 unspecified atom stereocenters. The number of aldehydes is 1. The molecule has 0 spiro atoms. The van der Waals surface area contributed by atoms with Crippen molar-refractivity contribution < 1.29 is 4.79 Å². The van der Waals surface area contributed by atoms with Gasteiger partial charge in [0.1, 0.15) is 6.29 Å². The van der Waals surface area contributed by atoms with Gasteiger partial charge in [-0.15, -0.1) is 0 Å². The molecule has 1 rings (SSSR count). The van der Waals surface area contributed by atoms with E-state index in [-0.39, 0.29) is 11.3 Å². The Kier molecular flexibility index (Phi) is 3.10. The Morgan fingerprint density at radius 1 is 1.29 bits per heavy atom. The van der Waals surface area contributed by atoms with Gasteiger partial charge < -0.3 is 4.79 Å². The molecule has 0 radical (unpaired) electrons. The fourth-order valence-corrected chi connectivity index (χ4v) is 1.37. The summed E-state index contributed by atoms with van der Waals surface area (Å²) < 4.78 is 0. The normalized spacial score (nSPS) is 13.7. The summed E-state index contributed by atoms with van der Waals surface area (Å²) in [6.07, 6.45) is 0.988. The Bertz CT molecular complexity index is 320. The van der Waals surface area contributed by atoms with Crippen molar-refractivity contribution in [3.8, 4) is 0 Å². The molecule has 0 aliphatic carbocycles. The lowest BCUT2D eigenvalue weighted by Crippen LogP contribution is -2.11. The van der Waals surface area contributed by atoms with Gasteiger partial charge in [-0.3, -0.25) is 0 Å². The van der Waals surface area contributed by atoms with E-state index in [2.05, 4.69) is 32.9 Å². The van der Waals surface area contributed by atoms with Crippen LogP contribution in [-0.2, 0) is 10.2 Å². The molecule has 0 aliphatic rings. The maximum absolute atomic E-state index is 10.7. The van der Waals surface area contributed by atoms with E-state index in [0.717, 1.165) is 11.8 Å². The smallest absolute Gasteiger partial charge is 0.127 e. The van der Waals surface area contributed by atoms with Crippen molar-refractivity contribution in [3.05, 3.63) is 35.4 Å². The number of hydrogen-bond donors (Lipinski definition) is 0. The van der Waals surface area contributed by atoms with E-state index in [1.54, 1.807) is 0 Å². The molecule has 0 saturated carbocycles. The molecule has 1 atom stereocenters. The quantitative estimate of drug-likeness (QED) is 0.654. The monoisotopic (exact) mass is 190 g/mol. The van der Waals surface area contributed by atoms with Gasteiger partial charge in [0.05, 0.1) is 0 Å². The molecule has 0 saturated heterocycles. The van der Waals surface area contributed by atoms with Crippen LogP contribution in [0, 0.1) is 0 Å². The van der Waals surface area contributed by atoms with Crippen LogP contribution in [0.2, 0.25) is 0 Å². The minimum atomic E-state index is -0.00250. The van der Waals surface area contributed by atoms with Crippen molar-refractivity contribution in [2.45, 2.75) is 39.0 Å². The highest BCUT2D eigenvalue weighted by molar-refractivity contribution is 5.61. The molecular weight excluding hydrogens is 172 g/mol. The van der Waals surface area contributed by atoms with Crippen LogP contribution in [0.1, 0.15) is 44.7 Å². The minimum Gasteiger partial charge on any atom is -0.303 e. The molecule has 0 amide bonds. The maximum atomic E-state index is 10.7. The SMILES string of the molecule is CC(C=O)c1cccc(C(C)(C)C)c1. The first-order chi connectivity index (χ1) is 6.45. The Balaban J connectivity index is 3.07. The zero-order valence-corrected chi connectivity index (χ0v) is 9.37. The van der Waals surface area contributed by atoms with Crippen LogP contribution in [0.25, 0.3) is 0 Å². The predicted molar refractivity (Wildman–Crippen MR) is 59.6 cm³/mol. The van der Waals surface area contributed by atoms with Crippen molar-refractivity contribution in [3.63, 3.8) is 0 Å². The van der Waals surface area contributed by atoms with Crippen LogP contribution in [-0.4, -0.2) is 6.29 Å². The number of carbonyl (C=O) groups is 1. The van der Waals surface area contributed by atoms with E-state index in [0.29, 0.717) is 0 Å². The van der Waals surface area contributed by atoms with E-state index in [4.69, 9.17) is 0 Å². The Hall–Kier alpha value is -1.11. The minimum absolute atomic E-state index is 0.00250. The van der Waals surface area contributed by atoms with Crippen molar-refractivity contribution in [1.82, 2.24) is 0 Å². The van der Waals surface area contributed by atoms with E-state index >= 15 is 0 Å². The molecule has 0 bridgehead atoms. The molecule has 0 heterocycles. The number of benzene rings is 1. The number of carbonyl (C=O) groups excluding carboxylic acids is 1. The van der Waals surface area contributed by atoms with Crippen LogP contribution >= 0.6 is 0 Å². The summed E-state index contributed by atoms with van der Waals surface area (Å²) in [5, 5.41) is 0. The van der Waals surface area contributed by atoms with Gasteiger partial charge in [0.2, 0.25) is 0 Å². The third kappa shape index (κ3) is 2.44. The molecule has 1 nitrogen and oxygen atoms in total. The van der Waals surface area contributed by atoms with Crippen molar-refractivity contribution in [1.29, 1.82) is 0 Å². The third-order valence-corrected chi connectivity index (χ3v) is 2.48. The first-order valence-electron chi connectivity index (χ1n) is 5.01. The van der Waals surface area contributed by atoms with E-state index in [1.807, 2.05) is 19.1 Å². The fourth-order valence-electron chi connectivity index (χ4n) is 1.37. The molecule has 1 aromatic rings. The van der Waals surface area contributed by atoms with Crippen molar-refractivity contribution in [2.24, 2.45) is 0 Å². The summed E-state index contributed by atoms with van der Waals surface area (Å²) in [6.45, 7) is 8.46. The first kappa shape index (κ1) is 11.0. The standard InChI is InChI=1S/C13H18O/c1-10(9-14)11-6-5-7-12(8-11)13(2,3)4/h5-10H,1-4H3. The molecule has 0 N–H and O–H groups in total. The summed E-state index contributed by atoms with van der Waals surface area (Å²) in [6, 6.07) is 8.27. The summed E-state index contributed by atoms with van der Waals surface area (Å²) in [5.41, 5.74) is 2.54. The molecule has 0 fully saturated rings. The lowest BCUT2D eigenvalue weighted by atomic mass is 9.85. The van der Waals surface area contributed by atoms with Gasteiger partial charge in [-0.1, -0.05) is 52.0 Å². The van der Waals surface area contributed by atoms with E-state index in [9.17, 15) is 4.79 Å². The molecular formula is C13H18O. The second kappa shape index (κ2) is 3.95. The number of rotatable bonds is 2. The zero-order chi connectivity index (χ0) is 10.8. The first-order valence-corrected chi connectivity index (χ1v) is 5.01. The molecule has 76 valence electrons. The highest BCUT2D eigenvalue weighted by Gasteiger charge is 2.14. The molecule has 0 aliphatic heterocycles. The van der Waals surface area contributed by atoms with Gasteiger partial charge >= 0.3 is 0 Å². The van der Waals surface area contributed by atoms with Gasteiger partial charge in [-0.25, -0.2) is 0 Å². The van der Waals surface area contributed by atoms with Gasteiger partial charge in [0, 0.05) is 5.92 Å². The predicted octanol–water partition coefficient (Wildman–Crippen LogP) is 3.29. The van der Waals surface area contributed by atoms with E-state index in [1.165, 1.54) is 5.56 Å². The van der Waals surface area contributed by atoms with E-state index < -0.39 is 0 Å². The second-order valence-corrected chi connectivity index (χ2v) is 4.80. The summed E-state index contributed by atoms with van der Waals surface area (Å²) in [4.78, 5) is 10.7. The third-order valence-electron chi connectivity index (χ3n) is 2.48. The van der Waals surface area contributed by atoms with Crippen LogP contribution in [0.5, 0.6) is 0 Å². The molecule has 0 aromatic heterocycles.